The molecule has 0 bridgehead atoms. The van der Waals surface area contributed by atoms with Gasteiger partial charge in [0.15, 0.2) is 5.13 Å². The van der Waals surface area contributed by atoms with E-state index in [1.165, 1.54) is 6.07 Å². The number of nitrogens with two attached hydrogens (primary N) is 1. The smallest absolute Gasteiger partial charge is 0.263 e. The number of hydrogen-bond donors (Lipinski definition) is 3. The molecule has 0 aliphatic heterocycles. The number of thiazole rings is 1. The maximum atomic E-state index is 13.8. The first kappa shape index (κ1) is 17.3. The highest BCUT2D eigenvalue weighted by Gasteiger charge is 2.17. The van der Waals surface area contributed by atoms with E-state index in [1.807, 2.05) is 6.92 Å². The molecule has 1 aromatic carbocycles. The van der Waals surface area contributed by atoms with Crippen molar-refractivity contribution in [3.8, 4) is 0 Å². The molecule has 1 amide bonds. The molecule has 0 aliphatic carbocycles. The first-order valence-electron chi connectivity index (χ1n) is 7.90. The second-order valence-corrected chi connectivity index (χ2v) is 6.76. The molecule has 2 heterocycles. The second kappa shape index (κ2) is 6.79. The van der Waals surface area contributed by atoms with Gasteiger partial charge in [0.25, 0.3) is 5.91 Å². The number of halogens is 2. The van der Waals surface area contributed by atoms with Gasteiger partial charge in [0.05, 0.1) is 11.2 Å². The minimum absolute atomic E-state index is 0.235. The largest absolute Gasteiger partial charge is 0.375 e. The fourth-order valence-electron chi connectivity index (χ4n) is 2.89. The zero-order chi connectivity index (χ0) is 18.1. The van der Waals surface area contributed by atoms with Crippen molar-refractivity contribution in [2.75, 3.05) is 12.3 Å². The Balaban J connectivity index is 1.75. The van der Waals surface area contributed by atoms with Gasteiger partial charge in [-0.2, -0.15) is 0 Å². The third kappa shape index (κ3) is 3.34. The van der Waals surface area contributed by atoms with Crippen LogP contribution in [0.15, 0.2) is 12.1 Å². The Morgan fingerprint density at radius 2 is 2.16 bits per heavy atom. The molecule has 3 aromatic rings. The zero-order valence-corrected chi connectivity index (χ0v) is 14.7. The fraction of sp³-hybridized carbons (Fsp3) is 0.294. The van der Waals surface area contributed by atoms with Crippen LogP contribution >= 0.6 is 11.3 Å². The first-order valence-corrected chi connectivity index (χ1v) is 8.72. The van der Waals surface area contributed by atoms with Crippen molar-refractivity contribution < 1.29 is 13.6 Å². The molecule has 25 heavy (non-hydrogen) atoms. The third-order valence-corrected chi connectivity index (χ3v) is 4.99. The third-order valence-electron chi connectivity index (χ3n) is 4.06. The highest BCUT2D eigenvalue weighted by Crippen LogP contribution is 2.26. The van der Waals surface area contributed by atoms with E-state index >= 15 is 0 Å². The van der Waals surface area contributed by atoms with Gasteiger partial charge in [0.1, 0.15) is 16.5 Å². The van der Waals surface area contributed by atoms with Crippen LogP contribution in [-0.2, 0) is 12.8 Å². The lowest BCUT2D eigenvalue weighted by Crippen LogP contribution is -2.25. The van der Waals surface area contributed by atoms with Crippen molar-refractivity contribution in [3.05, 3.63) is 45.6 Å². The van der Waals surface area contributed by atoms with Gasteiger partial charge in [-0.05, 0) is 31.4 Å². The number of aryl methyl sites for hydroxylation is 2. The van der Waals surface area contributed by atoms with Gasteiger partial charge in [-0.15, -0.1) is 0 Å². The number of hydrogen-bond acceptors (Lipinski definition) is 4. The molecule has 0 saturated carbocycles. The standard InChI is InChI=1S/C17H18F2N4OS/c1-3-13-15(25-17(20)23-13)16(24)21-5-4-10-8(2)22-14-11(10)6-9(18)7-12(14)19/h6-7,22H,3-5H2,1-2H3,(H2,20,23)(H,21,24). The second-order valence-electron chi connectivity index (χ2n) is 5.73. The molecule has 0 fully saturated rings. The van der Waals surface area contributed by atoms with Crippen LogP contribution in [0.25, 0.3) is 10.9 Å². The van der Waals surface area contributed by atoms with Crippen molar-refractivity contribution in [2.24, 2.45) is 0 Å². The van der Waals surface area contributed by atoms with Gasteiger partial charge in [-0.3, -0.25) is 4.79 Å². The van der Waals surface area contributed by atoms with E-state index < -0.39 is 11.6 Å². The Labute approximate surface area is 147 Å². The summed E-state index contributed by atoms with van der Waals surface area (Å²) in [6.07, 6.45) is 1.08. The predicted molar refractivity (Wildman–Crippen MR) is 94.9 cm³/mol. The van der Waals surface area contributed by atoms with E-state index in [2.05, 4.69) is 15.3 Å². The summed E-state index contributed by atoms with van der Waals surface area (Å²) in [5, 5.41) is 3.68. The Morgan fingerprint density at radius 3 is 2.88 bits per heavy atom. The number of aromatic amines is 1. The summed E-state index contributed by atoms with van der Waals surface area (Å²) >= 11 is 1.15. The van der Waals surface area contributed by atoms with Crippen molar-refractivity contribution in [3.63, 3.8) is 0 Å². The predicted octanol–water partition coefficient (Wildman–Crippen LogP) is 3.33. The van der Waals surface area contributed by atoms with Crippen LogP contribution in [0, 0.1) is 18.6 Å². The van der Waals surface area contributed by atoms with E-state index in [0.717, 1.165) is 28.7 Å². The topological polar surface area (TPSA) is 83.8 Å². The molecule has 132 valence electrons. The number of nitrogens with one attached hydrogen (secondary N) is 2. The summed E-state index contributed by atoms with van der Waals surface area (Å²) in [6, 6.07) is 2.16. The maximum Gasteiger partial charge on any atom is 0.263 e. The maximum absolute atomic E-state index is 13.8. The molecule has 5 nitrogen and oxygen atoms in total. The van der Waals surface area contributed by atoms with Crippen molar-refractivity contribution in [1.82, 2.24) is 15.3 Å². The minimum atomic E-state index is -0.624. The van der Waals surface area contributed by atoms with Crippen LogP contribution in [0.4, 0.5) is 13.9 Å². The van der Waals surface area contributed by atoms with Gasteiger partial charge < -0.3 is 16.0 Å². The van der Waals surface area contributed by atoms with E-state index in [9.17, 15) is 13.6 Å². The zero-order valence-electron chi connectivity index (χ0n) is 13.9. The van der Waals surface area contributed by atoms with Crippen molar-refractivity contribution in [2.45, 2.75) is 26.7 Å². The van der Waals surface area contributed by atoms with Gasteiger partial charge in [-0.1, -0.05) is 18.3 Å². The number of nitrogen functional groups attached to an aromatic ring is 1. The monoisotopic (exact) mass is 364 g/mol. The van der Waals surface area contributed by atoms with E-state index in [-0.39, 0.29) is 11.4 Å². The lowest BCUT2D eigenvalue weighted by molar-refractivity contribution is 0.0957. The summed E-state index contributed by atoms with van der Waals surface area (Å²) in [7, 11) is 0. The minimum Gasteiger partial charge on any atom is -0.375 e. The van der Waals surface area contributed by atoms with Gasteiger partial charge in [0.2, 0.25) is 0 Å². The number of aromatic nitrogens is 2. The summed E-state index contributed by atoms with van der Waals surface area (Å²) in [5.74, 6) is -1.48. The Kier molecular flexibility index (Phi) is 4.71. The Bertz CT molecular complexity index is 948. The summed E-state index contributed by atoms with van der Waals surface area (Å²) in [5.41, 5.74) is 8.16. The van der Waals surface area contributed by atoms with Crippen LogP contribution in [0.1, 0.15) is 33.5 Å². The number of amides is 1. The molecule has 3 rings (SSSR count). The molecule has 8 heteroatoms. The highest BCUT2D eigenvalue weighted by molar-refractivity contribution is 7.17. The summed E-state index contributed by atoms with van der Waals surface area (Å²) in [6.45, 7) is 4.04. The van der Waals surface area contributed by atoms with Crippen LogP contribution in [0.2, 0.25) is 0 Å². The van der Waals surface area contributed by atoms with E-state index in [4.69, 9.17) is 5.73 Å². The van der Waals surface area contributed by atoms with Crippen LogP contribution in [-0.4, -0.2) is 22.4 Å². The normalized spacial score (nSPS) is 11.2. The number of benzene rings is 1. The Morgan fingerprint density at radius 1 is 1.40 bits per heavy atom. The molecule has 0 radical (unpaired) electrons. The molecule has 0 unspecified atom stereocenters. The van der Waals surface area contributed by atoms with Crippen LogP contribution in [0.5, 0.6) is 0 Å². The quantitative estimate of drug-likeness (QED) is 0.649. The summed E-state index contributed by atoms with van der Waals surface area (Å²) in [4.78, 5) is 19.9. The molecular weight excluding hydrogens is 346 g/mol. The number of nitrogens with zero attached hydrogens (tertiary/aromatic N) is 1. The molecule has 2 aromatic heterocycles. The molecular formula is C17H18F2N4OS. The molecule has 4 N–H and O–H groups in total. The number of carbonyl (C=O) groups is 1. The molecule has 0 spiro atoms. The van der Waals surface area contributed by atoms with Gasteiger partial charge >= 0.3 is 0 Å². The van der Waals surface area contributed by atoms with Crippen molar-refractivity contribution >= 4 is 33.3 Å². The Hall–Kier alpha value is -2.48. The van der Waals surface area contributed by atoms with E-state index in [1.54, 1.807) is 6.92 Å². The molecule has 0 aliphatic rings. The average molecular weight is 364 g/mol. The van der Waals surface area contributed by atoms with Crippen molar-refractivity contribution in [1.29, 1.82) is 0 Å². The average Bonchev–Trinajstić information content (AvgIpc) is 3.08. The SMILES string of the molecule is CCc1nc(N)sc1C(=O)NCCc1c(C)[nH]c2c(F)cc(F)cc12. The van der Waals surface area contributed by atoms with Gasteiger partial charge in [0, 0.05) is 23.7 Å². The number of rotatable bonds is 5. The summed E-state index contributed by atoms with van der Waals surface area (Å²) < 4.78 is 27.3. The lowest BCUT2D eigenvalue weighted by Gasteiger charge is -2.05. The lowest BCUT2D eigenvalue weighted by atomic mass is 10.1. The number of H-pyrrole nitrogens is 1. The highest BCUT2D eigenvalue weighted by atomic mass is 32.1. The fourth-order valence-corrected chi connectivity index (χ4v) is 3.73. The number of carbonyl (C=O) groups excluding carboxylic acids is 1. The first-order chi connectivity index (χ1) is 11.9. The number of fused-ring (bicyclic) bond motifs is 1. The van der Waals surface area contributed by atoms with Gasteiger partial charge in [-0.25, -0.2) is 13.8 Å². The molecule has 0 atom stereocenters. The van der Waals surface area contributed by atoms with E-state index in [0.29, 0.717) is 40.5 Å². The van der Waals surface area contributed by atoms with Crippen LogP contribution in [0.3, 0.4) is 0 Å². The number of anilines is 1. The van der Waals surface area contributed by atoms with Crippen LogP contribution < -0.4 is 11.1 Å². The molecule has 0 saturated heterocycles.